The SMILES string of the molecule is CCOCCCCCCCCCCCCc1ccc(-c2ccc(CCCSC)cc2)cc1. The first-order chi connectivity index (χ1) is 15.8. The zero-order chi connectivity index (χ0) is 22.7. The van der Waals surface area contributed by atoms with Gasteiger partial charge in [0.25, 0.3) is 0 Å². The van der Waals surface area contributed by atoms with Gasteiger partial charge in [-0.1, -0.05) is 99.9 Å². The first kappa shape index (κ1) is 27.0. The first-order valence-corrected chi connectivity index (χ1v) is 14.5. The van der Waals surface area contributed by atoms with E-state index in [4.69, 9.17) is 4.74 Å². The van der Waals surface area contributed by atoms with Crippen molar-refractivity contribution in [1.29, 1.82) is 0 Å². The summed E-state index contributed by atoms with van der Waals surface area (Å²) in [5.74, 6) is 1.25. The Kier molecular flexibility index (Phi) is 15.4. The number of hydrogen-bond donors (Lipinski definition) is 0. The molecule has 0 N–H and O–H groups in total. The molecule has 0 amide bonds. The van der Waals surface area contributed by atoms with Gasteiger partial charge in [0.1, 0.15) is 0 Å². The summed E-state index contributed by atoms with van der Waals surface area (Å²) in [7, 11) is 0. The van der Waals surface area contributed by atoms with Crippen molar-refractivity contribution in [2.45, 2.75) is 90.4 Å². The maximum absolute atomic E-state index is 5.39. The van der Waals surface area contributed by atoms with Crippen LogP contribution in [-0.2, 0) is 17.6 Å². The van der Waals surface area contributed by atoms with Crippen LogP contribution in [0.4, 0.5) is 0 Å². The molecule has 2 rings (SSSR count). The van der Waals surface area contributed by atoms with Crippen LogP contribution in [0.2, 0.25) is 0 Å². The van der Waals surface area contributed by atoms with Crippen LogP contribution in [-0.4, -0.2) is 25.2 Å². The number of aryl methyl sites for hydroxylation is 2. The van der Waals surface area contributed by atoms with Crippen LogP contribution < -0.4 is 0 Å². The van der Waals surface area contributed by atoms with E-state index in [2.05, 4.69) is 61.7 Å². The fraction of sp³-hybridized carbons (Fsp3) is 0.600. The maximum Gasteiger partial charge on any atom is 0.0465 e. The Labute approximate surface area is 202 Å². The number of rotatable bonds is 19. The summed E-state index contributed by atoms with van der Waals surface area (Å²) in [6, 6.07) is 18.4. The van der Waals surface area contributed by atoms with Gasteiger partial charge in [-0.2, -0.15) is 11.8 Å². The molecule has 0 aliphatic rings. The van der Waals surface area contributed by atoms with Gasteiger partial charge in [-0.15, -0.1) is 0 Å². The lowest BCUT2D eigenvalue weighted by molar-refractivity contribution is 0.143. The maximum atomic E-state index is 5.39. The Morgan fingerprint density at radius 2 is 1.00 bits per heavy atom. The minimum Gasteiger partial charge on any atom is -0.382 e. The fourth-order valence-electron chi connectivity index (χ4n) is 4.24. The highest BCUT2D eigenvalue weighted by Crippen LogP contribution is 2.22. The van der Waals surface area contributed by atoms with Gasteiger partial charge in [0.2, 0.25) is 0 Å². The molecule has 0 saturated heterocycles. The lowest BCUT2D eigenvalue weighted by Crippen LogP contribution is -1.92. The van der Waals surface area contributed by atoms with Gasteiger partial charge < -0.3 is 4.74 Å². The minimum absolute atomic E-state index is 0.860. The molecule has 0 spiro atoms. The fourth-order valence-corrected chi connectivity index (χ4v) is 4.67. The lowest BCUT2D eigenvalue weighted by Gasteiger charge is -2.07. The van der Waals surface area contributed by atoms with Crippen molar-refractivity contribution >= 4 is 11.8 Å². The highest BCUT2D eigenvalue weighted by atomic mass is 32.2. The average Bonchev–Trinajstić information content (AvgIpc) is 2.83. The molecule has 2 heteroatoms. The normalized spacial score (nSPS) is 11.2. The van der Waals surface area contributed by atoms with Crippen molar-refractivity contribution in [3.05, 3.63) is 59.7 Å². The van der Waals surface area contributed by atoms with Crippen molar-refractivity contribution in [3.8, 4) is 11.1 Å². The summed E-state index contributed by atoms with van der Waals surface area (Å²) >= 11 is 1.93. The van der Waals surface area contributed by atoms with E-state index in [1.54, 1.807) is 0 Å². The van der Waals surface area contributed by atoms with Crippen molar-refractivity contribution in [2.24, 2.45) is 0 Å². The molecular formula is C30H46OS. The van der Waals surface area contributed by atoms with Crippen molar-refractivity contribution in [2.75, 3.05) is 25.2 Å². The highest BCUT2D eigenvalue weighted by molar-refractivity contribution is 7.98. The molecule has 1 nitrogen and oxygen atoms in total. The Hall–Kier alpha value is -1.25. The van der Waals surface area contributed by atoms with Gasteiger partial charge in [0.05, 0.1) is 0 Å². The van der Waals surface area contributed by atoms with E-state index in [0.717, 1.165) is 13.2 Å². The van der Waals surface area contributed by atoms with Gasteiger partial charge in [0, 0.05) is 13.2 Å². The van der Waals surface area contributed by atoms with Crippen LogP contribution >= 0.6 is 11.8 Å². The zero-order valence-electron chi connectivity index (χ0n) is 20.7. The van der Waals surface area contributed by atoms with Crippen LogP contribution in [0.5, 0.6) is 0 Å². The summed E-state index contributed by atoms with van der Waals surface area (Å²) in [6.45, 7) is 3.88. The average molecular weight is 455 g/mol. The van der Waals surface area contributed by atoms with Gasteiger partial charge in [-0.05, 0) is 73.3 Å². The van der Waals surface area contributed by atoms with E-state index < -0.39 is 0 Å². The number of hydrogen-bond acceptors (Lipinski definition) is 2. The molecule has 2 aromatic rings. The summed E-state index contributed by atoms with van der Waals surface area (Å²) in [5.41, 5.74) is 5.60. The largest absolute Gasteiger partial charge is 0.382 e. The molecule has 2 aromatic carbocycles. The van der Waals surface area contributed by atoms with E-state index in [1.165, 1.54) is 111 Å². The molecule has 0 radical (unpaired) electrons. The molecule has 0 bridgehead atoms. The predicted octanol–water partition coefficient (Wildman–Crippen LogP) is 9.13. The summed E-state index contributed by atoms with van der Waals surface area (Å²) in [6.07, 6.45) is 19.5. The van der Waals surface area contributed by atoms with Crippen LogP contribution in [0, 0.1) is 0 Å². The molecule has 0 atom stereocenters. The standard InChI is InChI=1S/C30H46OS/c1-3-31-25-13-11-9-7-5-4-6-8-10-12-15-27-17-21-29(22-18-27)30-23-19-28(20-24-30)16-14-26-32-2/h17-24H,3-16,25-26H2,1-2H3. The lowest BCUT2D eigenvalue weighted by atomic mass is 9.99. The molecule has 178 valence electrons. The molecule has 0 fully saturated rings. The van der Waals surface area contributed by atoms with Crippen LogP contribution in [0.25, 0.3) is 11.1 Å². The molecule has 0 heterocycles. The smallest absolute Gasteiger partial charge is 0.0465 e. The third-order valence-electron chi connectivity index (χ3n) is 6.26. The number of unbranched alkanes of at least 4 members (excludes halogenated alkanes) is 9. The van der Waals surface area contributed by atoms with Crippen molar-refractivity contribution < 1.29 is 4.74 Å². The first-order valence-electron chi connectivity index (χ1n) is 13.1. The topological polar surface area (TPSA) is 9.23 Å². The van der Waals surface area contributed by atoms with Crippen LogP contribution in [0.15, 0.2) is 48.5 Å². The quantitative estimate of drug-likeness (QED) is 0.196. The second-order valence-corrected chi connectivity index (χ2v) is 9.96. The summed E-state index contributed by atoms with van der Waals surface area (Å²) in [4.78, 5) is 0. The Balaban J connectivity index is 1.52. The van der Waals surface area contributed by atoms with Crippen molar-refractivity contribution in [1.82, 2.24) is 0 Å². The molecule has 0 aliphatic heterocycles. The van der Waals surface area contributed by atoms with E-state index in [0.29, 0.717) is 0 Å². The minimum atomic E-state index is 0.860. The zero-order valence-corrected chi connectivity index (χ0v) is 21.6. The van der Waals surface area contributed by atoms with Gasteiger partial charge in [0.15, 0.2) is 0 Å². The predicted molar refractivity (Wildman–Crippen MR) is 145 cm³/mol. The summed E-state index contributed by atoms with van der Waals surface area (Å²) < 4.78 is 5.39. The molecule has 0 aliphatic carbocycles. The van der Waals surface area contributed by atoms with E-state index in [9.17, 15) is 0 Å². The van der Waals surface area contributed by atoms with Gasteiger partial charge >= 0.3 is 0 Å². The monoisotopic (exact) mass is 454 g/mol. The Morgan fingerprint density at radius 3 is 1.47 bits per heavy atom. The molecular weight excluding hydrogens is 408 g/mol. The second-order valence-electron chi connectivity index (χ2n) is 8.97. The van der Waals surface area contributed by atoms with Crippen LogP contribution in [0.3, 0.4) is 0 Å². The van der Waals surface area contributed by atoms with Gasteiger partial charge in [-0.25, -0.2) is 0 Å². The third kappa shape index (κ3) is 12.1. The van der Waals surface area contributed by atoms with Crippen LogP contribution in [0.1, 0.15) is 88.7 Å². The van der Waals surface area contributed by atoms with E-state index in [1.807, 2.05) is 11.8 Å². The number of thioether (sulfide) groups is 1. The number of benzene rings is 2. The molecule has 32 heavy (non-hydrogen) atoms. The van der Waals surface area contributed by atoms with Crippen molar-refractivity contribution in [3.63, 3.8) is 0 Å². The second kappa shape index (κ2) is 18.2. The number of ether oxygens (including phenoxy) is 1. The molecule has 0 saturated carbocycles. The van der Waals surface area contributed by atoms with Gasteiger partial charge in [-0.3, -0.25) is 0 Å². The Bertz CT molecular complexity index is 677. The Morgan fingerprint density at radius 1 is 0.562 bits per heavy atom. The third-order valence-corrected chi connectivity index (χ3v) is 6.96. The molecule has 0 aromatic heterocycles. The van der Waals surface area contributed by atoms with E-state index >= 15 is 0 Å². The van der Waals surface area contributed by atoms with E-state index in [-0.39, 0.29) is 0 Å². The highest BCUT2D eigenvalue weighted by Gasteiger charge is 2.00. The molecule has 0 unspecified atom stereocenters. The summed E-state index contributed by atoms with van der Waals surface area (Å²) in [5, 5.41) is 0.